The number of carbonyl (C=O) groups is 2. The average molecular weight is 352 g/mol. The Morgan fingerprint density at radius 1 is 1.12 bits per heavy atom. The molecule has 0 aliphatic carbocycles. The number of benzene rings is 2. The molecule has 2 rings (SSSR count). The van der Waals surface area contributed by atoms with Gasteiger partial charge < -0.3 is 14.4 Å². The Bertz CT molecular complexity index is 812. The predicted octanol–water partition coefficient (Wildman–Crippen LogP) is 3.22. The van der Waals surface area contributed by atoms with Crippen molar-refractivity contribution in [1.29, 1.82) is 5.26 Å². The molecule has 0 unspecified atom stereocenters. The highest BCUT2D eigenvalue weighted by atomic mass is 16.5. The molecule has 6 heteroatoms. The third kappa shape index (κ3) is 4.84. The van der Waals surface area contributed by atoms with E-state index in [1.54, 1.807) is 30.3 Å². The number of methoxy groups -OCH3 is 1. The predicted molar refractivity (Wildman–Crippen MR) is 97.5 cm³/mol. The zero-order chi connectivity index (χ0) is 18.9. The van der Waals surface area contributed by atoms with Crippen molar-refractivity contribution in [2.45, 2.75) is 13.3 Å². The molecule has 2 aromatic carbocycles. The van der Waals surface area contributed by atoms with Crippen LogP contribution >= 0.6 is 0 Å². The van der Waals surface area contributed by atoms with E-state index in [0.717, 1.165) is 0 Å². The van der Waals surface area contributed by atoms with Crippen LogP contribution in [0.25, 0.3) is 0 Å². The van der Waals surface area contributed by atoms with Crippen molar-refractivity contribution in [3.63, 3.8) is 0 Å². The van der Waals surface area contributed by atoms with Crippen LogP contribution < -0.4 is 14.4 Å². The van der Waals surface area contributed by atoms with Crippen molar-refractivity contribution >= 4 is 17.4 Å². The normalized spacial score (nSPS) is 9.88. The quantitative estimate of drug-likeness (QED) is 0.682. The maximum Gasteiger partial charge on any atom is 0.264 e. The molecule has 0 atom stereocenters. The largest absolute Gasteiger partial charge is 0.493 e. The Labute approximate surface area is 152 Å². The van der Waals surface area contributed by atoms with E-state index >= 15 is 0 Å². The van der Waals surface area contributed by atoms with Crippen LogP contribution in [0.1, 0.15) is 23.7 Å². The fourth-order valence-corrected chi connectivity index (χ4v) is 2.39. The van der Waals surface area contributed by atoms with Gasteiger partial charge >= 0.3 is 0 Å². The van der Waals surface area contributed by atoms with Crippen LogP contribution in [0.4, 0.5) is 5.69 Å². The number of Topliss-reactive ketones (excluding diaryl/α,β-unsaturated/α-hetero) is 1. The van der Waals surface area contributed by atoms with E-state index in [-0.39, 0.29) is 31.3 Å². The number of carbonyl (C=O) groups excluding carboxylic acids is 2. The molecule has 6 nitrogen and oxygen atoms in total. The third-order valence-electron chi connectivity index (χ3n) is 3.74. The van der Waals surface area contributed by atoms with Gasteiger partial charge in [0.05, 0.1) is 19.6 Å². The van der Waals surface area contributed by atoms with Crippen LogP contribution in [0.15, 0.2) is 48.5 Å². The third-order valence-corrected chi connectivity index (χ3v) is 3.74. The first-order valence-electron chi connectivity index (χ1n) is 8.11. The summed E-state index contributed by atoms with van der Waals surface area (Å²) in [5.74, 6) is 0.398. The van der Waals surface area contributed by atoms with Crippen LogP contribution in [0.3, 0.4) is 0 Å². The fraction of sp³-hybridized carbons (Fsp3) is 0.250. The zero-order valence-corrected chi connectivity index (χ0v) is 14.8. The molecule has 0 saturated heterocycles. The van der Waals surface area contributed by atoms with E-state index < -0.39 is 0 Å². The highest BCUT2D eigenvalue weighted by Crippen LogP contribution is 2.28. The van der Waals surface area contributed by atoms with Crippen LogP contribution in [0.2, 0.25) is 0 Å². The van der Waals surface area contributed by atoms with Crippen molar-refractivity contribution in [3.8, 4) is 17.6 Å². The Balaban J connectivity index is 2.12. The molecule has 1 amide bonds. The van der Waals surface area contributed by atoms with Crippen LogP contribution in [0, 0.1) is 11.3 Å². The van der Waals surface area contributed by atoms with E-state index in [9.17, 15) is 9.59 Å². The van der Waals surface area contributed by atoms with Crippen LogP contribution in [0.5, 0.6) is 11.5 Å². The minimum atomic E-state index is -0.274. The number of para-hydroxylation sites is 1. The number of hydrogen-bond donors (Lipinski definition) is 0. The number of ketones is 1. The summed E-state index contributed by atoms with van der Waals surface area (Å²) in [5.41, 5.74) is 1.20. The molecule has 0 N–H and O–H groups in total. The Hall–Kier alpha value is -3.33. The fourth-order valence-electron chi connectivity index (χ4n) is 2.39. The summed E-state index contributed by atoms with van der Waals surface area (Å²) in [5, 5.41) is 8.83. The average Bonchev–Trinajstić information content (AvgIpc) is 2.67. The molecule has 0 aliphatic heterocycles. The number of rotatable bonds is 8. The summed E-state index contributed by atoms with van der Waals surface area (Å²) in [6.07, 6.45) is 0.220. The Kier molecular flexibility index (Phi) is 6.75. The number of anilines is 1. The second kappa shape index (κ2) is 9.23. The maximum atomic E-state index is 12.6. The molecule has 0 aromatic heterocycles. The molecule has 134 valence electrons. The summed E-state index contributed by atoms with van der Waals surface area (Å²) in [4.78, 5) is 25.6. The van der Waals surface area contributed by atoms with Gasteiger partial charge in [-0.15, -0.1) is 0 Å². The number of nitrogens with zero attached hydrogens (tertiary/aromatic N) is 2. The van der Waals surface area contributed by atoms with Gasteiger partial charge in [-0.1, -0.05) is 18.2 Å². The summed E-state index contributed by atoms with van der Waals surface area (Å²) >= 11 is 0. The van der Waals surface area contributed by atoms with Gasteiger partial charge in [-0.2, -0.15) is 5.26 Å². The summed E-state index contributed by atoms with van der Waals surface area (Å²) < 4.78 is 10.8. The van der Waals surface area contributed by atoms with Crippen molar-refractivity contribution in [1.82, 2.24) is 0 Å². The second-order valence-corrected chi connectivity index (χ2v) is 5.50. The lowest BCUT2D eigenvalue weighted by atomic mass is 10.1. The van der Waals surface area contributed by atoms with Gasteiger partial charge in [0.25, 0.3) is 5.91 Å². The van der Waals surface area contributed by atoms with E-state index in [1.807, 2.05) is 24.3 Å². The number of nitriles is 1. The lowest BCUT2D eigenvalue weighted by Gasteiger charge is -2.22. The van der Waals surface area contributed by atoms with Gasteiger partial charge in [0, 0.05) is 17.8 Å². The minimum Gasteiger partial charge on any atom is -0.493 e. The molecule has 26 heavy (non-hydrogen) atoms. The van der Waals surface area contributed by atoms with Crippen LogP contribution in [-0.2, 0) is 4.79 Å². The SMILES string of the molecule is COc1cc(C(C)=O)ccc1OCC(=O)N(CCC#N)c1ccccc1. The summed E-state index contributed by atoms with van der Waals surface area (Å²) in [6, 6.07) is 16.0. The monoisotopic (exact) mass is 352 g/mol. The molecule has 0 radical (unpaired) electrons. The van der Waals surface area contributed by atoms with Gasteiger partial charge in [0.2, 0.25) is 0 Å². The topological polar surface area (TPSA) is 79.6 Å². The molecular weight excluding hydrogens is 332 g/mol. The maximum absolute atomic E-state index is 12.6. The van der Waals surface area contributed by atoms with Gasteiger partial charge in [0.1, 0.15) is 0 Å². The van der Waals surface area contributed by atoms with Gasteiger partial charge in [-0.3, -0.25) is 9.59 Å². The Morgan fingerprint density at radius 2 is 1.85 bits per heavy atom. The molecule has 0 aliphatic rings. The van der Waals surface area contributed by atoms with Gasteiger partial charge in [-0.05, 0) is 37.3 Å². The molecule has 0 spiro atoms. The van der Waals surface area contributed by atoms with Crippen LogP contribution in [-0.4, -0.2) is 32.0 Å². The van der Waals surface area contributed by atoms with Gasteiger partial charge in [0.15, 0.2) is 23.9 Å². The highest BCUT2D eigenvalue weighted by Gasteiger charge is 2.17. The van der Waals surface area contributed by atoms with E-state index in [2.05, 4.69) is 0 Å². The van der Waals surface area contributed by atoms with Gasteiger partial charge in [-0.25, -0.2) is 0 Å². The summed E-state index contributed by atoms with van der Waals surface area (Å²) in [7, 11) is 1.47. The van der Waals surface area contributed by atoms with Crippen molar-refractivity contribution in [3.05, 3.63) is 54.1 Å². The van der Waals surface area contributed by atoms with E-state index in [0.29, 0.717) is 22.7 Å². The lowest BCUT2D eigenvalue weighted by Crippen LogP contribution is -2.35. The van der Waals surface area contributed by atoms with E-state index in [1.165, 1.54) is 18.9 Å². The standard InChI is InChI=1S/C20H20N2O4/c1-15(23)16-9-10-18(19(13-16)25-2)26-14-20(24)22(12-6-11-21)17-7-4-3-5-8-17/h3-5,7-10,13H,6,12,14H2,1-2H3. The first-order chi connectivity index (χ1) is 12.6. The molecule has 0 bridgehead atoms. The molecule has 0 heterocycles. The second-order valence-electron chi connectivity index (χ2n) is 5.50. The number of ether oxygens (including phenoxy) is 2. The number of amides is 1. The zero-order valence-electron chi connectivity index (χ0n) is 14.8. The highest BCUT2D eigenvalue weighted by molar-refractivity contribution is 5.95. The van der Waals surface area contributed by atoms with Crippen molar-refractivity contribution in [2.24, 2.45) is 0 Å². The first-order valence-corrected chi connectivity index (χ1v) is 8.11. The number of hydrogen-bond acceptors (Lipinski definition) is 5. The smallest absolute Gasteiger partial charge is 0.264 e. The van der Waals surface area contributed by atoms with E-state index in [4.69, 9.17) is 14.7 Å². The molecule has 0 fully saturated rings. The molecule has 2 aromatic rings. The molecular formula is C20H20N2O4. The first kappa shape index (κ1) is 19.0. The Morgan fingerprint density at radius 3 is 2.46 bits per heavy atom. The minimum absolute atomic E-state index is 0.0855. The summed E-state index contributed by atoms with van der Waals surface area (Å²) in [6.45, 7) is 1.53. The van der Waals surface area contributed by atoms with Crippen molar-refractivity contribution < 1.29 is 19.1 Å². The van der Waals surface area contributed by atoms with Crippen molar-refractivity contribution in [2.75, 3.05) is 25.2 Å². The molecule has 0 saturated carbocycles. The lowest BCUT2D eigenvalue weighted by molar-refractivity contribution is -0.120.